The number of nitrogens with one attached hydrogen (secondary N) is 2. The minimum atomic E-state index is -5.08. The van der Waals surface area contributed by atoms with Gasteiger partial charge in [0.1, 0.15) is 0 Å². The molecule has 0 amide bonds. The van der Waals surface area contributed by atoms with Crippen LogP contribution in [0.1, 0.15) is 10.4 Å². The number of carboxylic acids is 2. The first kappa shape index (κ1) is 21.1. The van der Waals surface area contributed by atoms with Crippen molar-refractivity contribution in [3.8, 4) is 0 Å². The number of aliphatic carboxylic acids is 1. The molecule has 0 aliphatic carbocycles. The number of likely N-dealkylation sites (N-methyl/N-ethyl adjacent to an activating group) is 1. The molecule has 1 rings (SSSR count). The Morgan fingerprint density at radius 1 is 1.25 bits per heavy atom. The van der Waals surface area contributed by atoms with Gasteiger partial charge in [-0.05, 0) is 13.1 Å². The Bertz CT molecular complexity index is 606. The zero-order valence-electron chi connectivity index (χ0n) is 12.3. The van der Waals surface area contributed by atoms with Crippen LogP contribution in [0.15, 0.2) is 18.2 Å². The van der Waals surface area contributed by atoms with Gasteiger partial charge in [-0.25, -0.2) is 9.59 Å². The molecule has 134 valence electrons. The number of carboxylic acid groups (broad SMARTS) is 2. The summed E-state index contributed by atoms with van der Waals surface area (Å²) < 4.78 is 31.7. The maximum Gasteiger partial charge on any atom is 0.490 e. The quantitative estimate of drug-likeness (QED) is 0.343. The Morgan fingerprint density at radius 3 is 2.17 bits per heavy atom. The molecule has 0 aliphatic rings. The van der Waals surface area contributed by atoms with Crippen LogP contribution in [0.2, 0.25) is 0 Å². The van der Waals surface area contributed by atoms with E-state index in [1.165, 1.54) is 18.2 Å². The molecule has 0 fully saturated rings. The molecule has 0 saturated carbocycles. The maximum absolute atomic E-state index is 10.9. The van der Waals surface area contributed by atoms with Crippen LogP contribution in [-0.4, -0.2) is 53.4 Å². The number of non-ortho nitro benzene ring substituents is 1. The van der Waals surface area contributed by atoms with Crippen LogP contribution in [-0.2, 0) is 4.79 Å². The summed E-state index contributed by atoms with van der Waals surface area (Å²) in [6.45, 7) is 1.11. The van der Waals surface area contributed by atoms with E-state index < -0.39 is 23.0 Å². The minimum absolute atomic E-state index is 0.0201. The SMILES string of the molecule is CNCCNc1cc([N+](=O)[O-])ccc1C(=O)O.O=C(O)C(F)(F)F. The molecule has 0 aromatic heterocycles. The lowest BCUT2D eigenvalue weighted by Gasteiger charge is -2.08. The number of aromatic carboxylic acids is 1. The van der Waals surface area contributed by atoms with Crippen LogP contribution in [0.3, 0.4) is 0 Å². The average molecular weight is 353 g/mol. The molecule has 4 N–H and O–H groups in total. The van der Waals surface area contributed by atoms with Crippen molar-refractivity contribution >= 4 is 23.3 Å². The molecular formula is C12H14F3N3O6. The van der Waals surface area contributed by atoms with Gasteiger partial charge in [0.15, 0.2) is 0 Å². The topological polar surface area (TPSA) is 142 Å². The van der Waals surface area contributed by atoms with E-state index in [1.807, 2.05) is 0 Å². The number of halogens is 3. The normalized spacial score (nSPS) is 10.3. The number of nitrogens with zero attached hydrogens (tertiary/aromatic N) is 1. The molecule has 9 nitrogen and oxygen atoms in total. The van der Waals surface area contributed by atoms with Gasteiger partial charge in [0.25, 0.3) is 5.69 Å². The Hall–Kier alpha value is -2.89. The van der Waals surface area contributed by atoms with Gasteiger partial charge in [0.2, 0.25) is 0 Å². The van der Waals surface area contributed by atoms with Crippen LogP contribution in [0.25, 0.3) is 0 Å². The third-order valence-corrected chi connectivity index (χ3v) is 2.38. The summed E-state index contributed by atoms with van der Waals surface area (Å²) in [6, 6.07) is 3.62. The summed E-state index contributed by atoms with van der Waals surface area (Å²) >= 11 is 0. The second-order valence-corrected chi connectivity index (χ2v) is 4.13. The van der Waals surface area contributed by atoms with E-state index in [0.717, 1.165) is 0 Å². The van der Waals surface area contributed by atoms with E-state index in [9.17, 15) is 28.1 Å². The Kier molecular flexibility index (Phi) is 8.18. The molecule has 0 saturated heterocycles. The van der Waals surface area contributed by atoms with E-state index in [4.69, 9.17) is 15.0 Å². The third-order valence-electron chi connectivity index (χ3n) is 2.38. The van der Waals surface area contributed by atoms with E-state index in [0.29, 0.717) is 13.1 Å². The standard InChI is InChI=1S/C10H13N3O4.C2HF3O2/c1-11-4-5-12-9-6-7(13(16)17)2-3-8(9)10(14)15;3-2(4,5)1(6)7/h2-3,6,11-12H,4-5H2,1H3,(H,14,15);(H,6,7). The third kappa shape index (κ3) is 7.40. The average Bonchev–Trinajstić information content (AvgIpc) is 2.46. The molecule has 0 spiro atoms. The smallest absolute Gasteiger partial charge is 0.478 e. The van der Waals surface area contributed by atoms with Crippen molar-refractivity contribution in [2.75, 3.05) is 25.5 Å². The molecule has 12 heteroatoms. The molecule has 0 radical (unpaired) electrons. The first-order valence-corrected chi connectivity index (χ1v) is 6.21. The summed E-state index contributed by atoms with van der Waals surface area (Å²) in [5.74, 6) is -3.88. The van der Waals surface area contributed by atoms with Crippen molar-refractivity contribution in [3.63, 3.8) is 0 Å². The summed E-state index contributed by atoms with van der Waals surface area (Å²) in [4.78, 5) is 29.8. The zero-order chi connectivity index (χ0) is 18.9. The number of nitro benzene ring substituents is 1. The van der Waals surface area contributed by atoms with Crippen LogP contribution in [0, 0.1) is 10.1 Å². The van der Waals surface area contributed by atoms with Gasteiger partial charge in [0, 0.05) is 25.2 Å². The number of alkyl halides is 3. The second-order valence-electron chi connectivity index (χ2n) is 4.13. The predicted octanol–water partition coefficient (Wildman–Crippen LogP) is 1.56. The highest BCUT2D eigenvalue weighted by Crippen LogP contribution is 2.22. The summed E-state index contributed by atoms with van der Waals surface area (Å²) in [6.07, 6.45) is -5.08. The molecule has 0 heterocycles. The van der Waals surface area contributed by atoms with Crippen LogP contribution < -0.4 is 10.6 Å². The summed E-state index contributed by atoms with van der Waals surface area (Å²) in [5.41, 5.74) is 0.135. The monoisotopic (exact) mass is 353 g/mol. The van der Waals surface area contributed by atoms with Gasteiger partial charge in [-0.2, -0.15) is 13.2 Å². The Balaban J connectivity index is 0.000000640. The van der Waals surface area contributed by atoms with Gasteiger partial charge < -0.3 is 20.8 Å². The summed E-state index contributed by atoms with van der Waals surface area (Å²) in [7, 11) is 1.76. The number of benzene rings is 1. The fourth-order valence-corrected chi connectivity index (χ4v) is 1.30. The lowest BCUT2D eigenvalue weighted by Crippen LogP contribution is -2.21. The highest BCUT2D eigenvalue weighted by molar-refractivity contribution is 5.94. The zero-order valence-corrected chi connectivity index (χ0v) is 12.3. The van der Waals surface area contributed by atoms with Gasteiger partial charge in [0.05, 0.1) is 16.2 Å². The van der Waals surface area contributed by atoms with Crippen molar-refractivity contribution in [3.05, 3.63) is 33.9 Å². The molecule has 0 bridgehead atoms. The van der Waals surface area contributed by atoms with E-state index in [1.54, 1.807) is 7.05 Å². The molecular weight excluding hydrogens is 339 g/mol. The maximum atomic E-state index is 10.9. The second kappa shape index (κ2) is 9.29. The predicted molar refractivity (Wildman–Crippen MR) is 76.2 cm³/mol. The van der Waals surface area contributed by atoms with Crippen LogP contribution >= 0.6 is 0 Å². The minimum Gasteiger partial charge on any atom is -0.478 e. The van der Waals surface area contributed by atoms with E-state index in [-0.39, 0.29) is 16.9 Å². The number of rotatable bonds is 6. The van der Waals surface area contributed by atoms with Gasteiger partial charge >= 0.3 is 18.1 Å². The van der Waals surface area contributed by atoms with Gasteiger partial charge in [-0.1, -0.05) is 0 Å². The summed E-state index contributed by atoms with van der Waals surface area (Å²) in [5, 5.41) is 32.4. The molecule has 1 aromatic carbocycles. The fraction of sp³-hybridized carbons (Fsp3) is 0.333. The van der Waals surface area contributed by atoms with E-state index in [2.05, 4.69) is 10.6 Å². The number of hydrogen-bond acceptors (Lipinski definition) is 6. The largest absolute Gasteiger partial charge is 0.490 e. The Morgan fingerprint density at radius 2 is 1.79 bits per heavy atom. The van der Waals surface area contributed by atoms with Gasteiger partial charge in [-0.3, -0.25) is 10.1 Å². The van der Waals surface area contributed by atoms with Crippen molar-refractivity contribution in [2.24, 2.45) is 0 Å². The molecule has 0 unspecified atom stereocenters. The van der Waals surface area contributed by atoms with Crippen molar-refractivity contribution in [1.82, 2.24) is 5.32 Å². The number of carbonyl (C=O) groups is 2. The lowest BCUT2D eigenvalue weighted by molar-refractivity contribution is -0.384. The first-order chi connectivity index (χ1) is 11.0. The van der Waals surface area contributed by atoms with Crippen LogP contribution in [0.4, 0.5) is 24.5 Å². The molecule has 0 aliphatic heterocycles. The first-order valence-electron chi connectivity index (χ1n) is 6.21. The van der Waals surface area contributed by atoms with Crippen LogP contribution in [0.5, 0.6) is 0 Å². The van der Waals surface area contributed by atoms with Gasteiger partial charge in [-0.15, -0.1) is 0 Å². The number of nitro groups is 1. The fourth-order valence-electron chi connectivity index (χ4n) is 1.30. The highest BCUT2D eigenvalue weighted by atomic mass is 19.4. The van der Waals surface area contributed by atoms with Crippen molar-refractivity contribution < 1.29 is 37.9 Å². The number of anilines is 1. The highest BCUT2D eigenvalue weighted by Gasteiger charge is 2.38. The van der Waals surface area contributed by atoms with E-state index >= 15 is 0 Å². The Labute approximate surface area is 133 Å². The van der Waals surface area contributed by atoms with Crippen molar-refractivity contribution in [2.45, 2.75) is 6.18 Å². The number of hydrogen-bond donors (Lipinski definition) is 4. The molecule has 0 atom stereocenters. The molecule has 24 heavy (non-hydrogen) atoms. The van der Waals surface area contributed by atoms with Crippen molar-refractivity contribution in [1.29, 1.82) is 0 Å². The molecule has 1 aromatic rings. The lowest BCUT2D eigenvalue weighted by atomic mass is 10.1.